The smallest absolute Gasteiger partial charge is 0.260 e. The molecule has 8 heteroatoms. The zero-order valence-electron chi connectivity index (χ0n) is 24.9. The Hall–Kier alpha value is -4.35. The molecule has 1 heterocycles. The monoisotopic (exact) mass is 643 g/mol. The van der Waals surface area contributed by atoms with Crippen molar-refractivity contribution in [2.24, 2.45) is 5.41 Å². The zero-order chi connectivity index (χ0) is 32.3. The number of halogens is 5. The van der Waals surface area contributed by atoms with Crippen molar-refractivity contribution >= 4 is 24.4 Å². The van der Waals surface area contributed by atoms with Crippen LogP contribution in [0.25, 0.3) is 0 Å². The molecular formula is C38H31F5NOP. The molecule has 5 aromatic rings. The third-order valence-corrected chi connectivity index (χ3v) is 11.3. The molecule has 5 aromatic carbocycles. The molecule has 0 unspecified atom stereocenters. The van der Waals surface area contributed by atoms with Gasteiger partial charge in [-0.05, 0) is 60.5 Å². The summed E-state index contributed by atoms with van der Waals surface area (Å²) < 4.78 is 73.1. The Bertz CT molecular complexity index is 1700. The Labute approximate surface area is 266 Å². The van der Waals surface area contributed by atoms with Gasteiger partial charge in [0, 0.05) is 12.6 Å². The van der Waals surface area contributed by atoms with Gasteiger partial charge in [-0.3, -0.25) is 4.79 Å². The molecule has 0 spiro atoms. The summed E-state index contributed by atoms with van der Waals surface area (Å²) >= 11 is 0. The van der Waals surface area contributed by atoms with E-state index in [2.05, 4.69) is 0 Å². The topological polar surface area (TPSA) is 20.3 Å². The summed E-state index contributed by atoms with van der Waals surface area (Å²) in [6.07, 6.45) is 2.01. The fourth-order valence-corrected chi connectivity index (χ4v) is 9.20. The average molecular weight is 644 g/mol. The van der Waals surface area contributed by atoms with Gasteiger partial charge >= 0.3 is 0 Å². The molecule has 0 bridgehead atoms. The quantitative estimate of drug-likeness (QED) is 0.0687. The predicted octanol–water partition coefficient (Wildman–Crippen LogP) is 8.20. The van der Waals surface area contributed by atoms with E-state index in [0.29, 0.717) is 25.4 Å². The molecule has 1 atom stereocenters. The van der Waals surface area contributed by atoms with Crippen LogP contribution in [-0.4, -0.2) is 29.6 Å². The summed E-state index contributed by atoms with van der Waals surface area (Å²) in [5.74, 6) is -12.0. The van der Waals surface area contributed by atoms with Gasteiger partial charge in [0.2, 0.25) is 5.82 Å². The molecule has 1 aliphatic heterocycles. The SMILES string of the molecule is O=C(c1c(F)c(F)c(F)c(F)c1F)N1CC(Cc2ccccc2)(Cc2ccccc2)C[C@H]1CP(c1ccccc1)c1ccccc1. The van der Waals surface area contributed by atoms with Crippen molar-refractivity contribution in [2.45, 2.75) is 25.3 Å². The summed E-state index contributed by atoms with van der Waals surface area (Å²) in [6.45, 7) is 0.0759. The standard InChI is InChI=1S/C38H31F5NOP/c39-32-31(33(40)35(42)36(43)34(32)41)37(45)44-25-38(21-26-13-5-1-6-14-26,22-27-15-7-2-8-16-27)23-28(44)24-46(29-17-9-3-10-18-29)30-19-11-4-12-20-30/h1-20,28H,21-25H2/t28-/m0/s1. The van der Waals surface area contributed by atoms with E-state index < -0.39 is 59.9 Å². The van der Waals surface area contributed by atoms with Gasteiger partial charge in [0.25, 0.3) is 5.91 Å². The van der Waals surface area contributed by atoms with Crippen LogP contribution >= 0.6 is 7.92 Å². The van der Waals surface area contributed by atoms with E-state index in [4.69, 9.17) is 0 Å². The van der Waals surface area contributed by atoms with Crippen LogP contribution in [0.1, 0.15) is 27.9 Å². The van der Waals surface area contributed by atoms with Crippen molar-refractivity contribution < 1.29 is 26.7 Å². The lowest BCUT2D eigenvalue weighted by Crippen LogP contribution is -2.40. The number of amides is 1. The molecular weight excluding hydrogens is 612 g/mol. The van der Waals surface area contributed by atoms with Gasteiger partial charge in [0.05, 0.1) is 0 Å². The summed E-state index contributed by atoms with van der Waals surface area (Å²) in [6, 6.07) is 38.7. The molecule has 46 heavy (non-hydrogen) atoms. The Morgan fingerprint density at radius 3 is 1.43 bits per heavy atom. The van der Waals surface area contributed by atoms with Crippen LogP contribution in [0.3, 0.4) is 0 Å². The van der Waals surface area contributed by atoms with E-state index in [1.54, 1.807) is 0 Å². The van der Waals surface area contributed by atoms with Crippen LogP contribution in [-0.2, 0) is 12.8 Å². The minimum atomic E-state index is -2.29. The fourth-order valence-electron chi connectivity index (χ4n) is 6.66. The maximum Gasteiger partial charge on any atom is 0.260 e. The lowest BCUT2D eigenvalue weighted by molar-refractivity contribution is 0.0719. The molecule has 0 saturated carbocycles. The lowest BCUT2D eigenvalue weighted by atomic mass is 9.75. The minimum absolute atomic E-state index is 0.0759. The number of benzene rings is 5. The van der Waals surface area contributed by atoms with E-state index in [-0.39, 0.29) is 6.54 Å². The van der Waals surface area contributed by atoms with Crippen LogP contribution < -0.4 is 10.6 Å². The number of nitrogens with zero attached hydrogens (tertiary/aromatic N) is 1. The van der Waals surface area contributed by atoms with E-state index in [1.165, 1.54) is 4.90 Å². The van der Waals surface area contributed by atoms with Crippen LogP contribution in [0.4, 0.5) is 22.0 Å². The number of likely N-dealkylation sites (tertiary alicyclic amines) is 1. The normalized spacial score (nSPS) is 15.8. The van der Waals surface area contributed by atoms with E-state index in [9.17, 15) is 18.0 Å². The first-order chi connectivity index (χ1) is 22.3. The van der Waals surface area contributed by atoms with Crippen LogP contribution in [0.5, 0.6) is 0 Å². The van der Waals surface area contributed by atoms with Crippen LogP contribution in [0.2, 0.25) is 0 Å². The molecule has 0 aliphatic carbocycles. The second-order valence-corrected chi connectivity index (χ2v) is 14.1. The highest BCUT2D eigenvalue weighted by Crippen LogP contribution is 2.46. The lowest BCUT2D eigenvalue weighted by Gasteiger charge is -2.30. The number of carbonyl (C=O) groups is 1. The first-order valence-corrected chi connectivity index (χ1v) is 16.6. The molecule has 0 radical (unpaired) electrons. The molecule has 1 fully saturated rings. The highest BCUT2D eigenvalue weighted by atomic mass is 31.1. The van der Waals surface area contributed by atoms with Crippen molar-refractivity contribution in [1.29, 1.82) is 0 Å². The van der Waals surface area contributed by atoms with Crippen molar-refractivity contribution in [2.75, 3.05) is 12.7 Å². The Morgan fingerprint density at radius 2 is 1.00 bits per heavy atom. The summed E-state index contributed by atoms with van der Waals surface area (Å²) in [7, 11) is -1.06. The van der Waals surface area contributed by atoms with Crippen molar-refractivity contribution in [3.8, 4) is 0 Å². The van der Waals surface area contributed by atoms with Gasteiger partial charge in [-0.15, -0.1) is 0 Å². The second kappa shape index (κ2) is 13.6. The van der Waals surface area contributed by atoms with Gasteiger partial charge in [-0.1, -0.05) is 121 Å². The summed E-state index contributed by atoms with van der Waals surface area (Å²) in [4.78, 5) is 15.5. The third-order valence-electron chi connectivity index (χ3n) is 8.67. The first kappa shape index (κ1) is 31.6. The van der Waals surface area contributed by atoms with Gasteiger partial charge in [0.15, 0.2) is 23.3 Å². The Morgan fingerprint density at radius 1 is 0.609 bits per heavy atom. The van der Waals surface area contributed by atoms with Crippen molar-refractivity contribution in [3.05, 3.63) is 167 Å². The molecule has 1 saturated heterocycles. The van der Waals surface area contributed by atoms with Gasteiger partial charge in [0.1, 0.15) is 5.56 Å². The largest absolute Gasteiger partial charge is 0.334 e. The average Bonchev–Trinajstić information content (AvgIpc) is 3.44. The highest BCUT2D eigenvalue weighted by Gasteiger charge is 2.48. The maximum atomic E-state index is 15.1. The fraction of sp³-hybridized carbons (Fsp3) is 0.184. The number of hydrogen-bond donors (Lipinski definition) is 0. The van der Waals surface area contributed by atoms with Crippen LogP contribution in [0, 0.1) is 34.5 Å². The molecule has 1 amide bonds. The molecule has 0 N–H and O–H groups in total. The summed E-state index contributed by atoms with van der Waals surface area (Å²) in [5, 5.41) is 2.10. The first-order valence-electron chi connectivity index (χ1n) is 15.0. The van der Waals surface area contributed by atoms with Gasteiger partial charge in [-0.25, -0.2) is 22.0 Å². The zero-order valence-corrected chi connectivity index (χ0v) is 25.7. The van der Waals surface area contributed by atoms with Crippen molar-refractivity contribution in [3.63, 3.8) is 0 Å². The number of hydrogen-bond acceptors (Lipinski definition) is 1. The van der Waals surface area contributed by atoms with Gasteiger partial charge in [-0.2, -0.15) is 0 Å². The molecule has 6 rings (SSSR count). The Balaban J connectivity index is 1.47. The van der Waals surface area contributed by atoms with Crippen LogP contribution in [0.15, 0.2) is 121 Å². The third kappa shape index (κ3) is 6.47. The Kier molecular flexibility index (Phi) is 9.32. The van der Waals surface area contributed by atoms with E-state index in [1.807, 2.05) is 121 Å². The predicted molar refractivity (Wildman–Crippen MR) is 172 cm³/mol. The number of carbonyl (C=O) groups excluding carboxylic acids is 1. The van der Waals surface area contributed by atoms with Gasteiger partial charge < -0.3 is 4.90 Å². The molecule has 1 aliphatic rings. The molecule has 234 valence electrons. The minimum Gasteiger partial charge on any atom is -0.334 e. The maximum absolute atomic E-state index is 15.1. The molecule has 2 nitrogen and oxygen atoms in total. The second-order valence-electron chi connectivity index (χ2n) is 11.8. The van der Waals surface area contributed by atoms with Crippen molar-refractivity contribution in [1.82, 2.24) is 4.90 Å². The van der Waals surface area contributed by atoms with E-state index in [0.717, 1.165) is 21.7 Å². The molecule has 0 aromatic heterocycles. The number of rotatable bonds is 9. The summed E-state index contributed by atoms with van der Waals surface area (Å²) in [5.41, 5.74) is 0.0501. The van der Waals surface area contributed by atoms with E-state index >= 15 is 8.78 Å². The highest BCUT2D eigenvalue weighted by molar-refractivity contribution is 7.73.